The summed E-state index contributed by atoms with van der Waals surface area (Å²) in [6.07, 6.45) is 1.80. The summed E-state index contributed by atoms with van der Waals surface area (Å²) in [5, 5.41) is 2.99. The second-order valence-corrected chi connectivity index (χ2v) is 5.90. The predicted octanol–water partition coefficient (Wildman–Crippen LogP) is 3.51. The first-order valence-corrected chi connectivity index (χ1v) is 8.48. The third kappa shape index (κ3) is 4.78. The Morgan fingerprint density at radius 1 is 1.17 bits per heavy atom. The maximum Gasteiger partial charge on any atom is 0.243 e. The molecule has 1 heterocycles. The van der Waals surface area contributed by atoms with Crippen molar-refractivity contribution < 1.29 is 4.79 Å². The van der Waals surface area contributed by atoms with Crippen LogP contribution in [0.15, 0.2) is 30.3 Å². The molecule has 0 atom stereocenters. The lowest BCUT2D eigenvalue weighted by molar-refractivity contribution is -0.115. The molecule has 1 aromatic carbocycles. The summed E-state index contributed by atoms with van der Waals surface area (Å²) >= 11 is 0. The third-order valence-corrected chi connectivity index (χ3v) is 3.81. The van der Waals surface area contributed by atoms with Crippen LogP contribution in [0.5, 0.6) is 0 Å². The van der Waals surface area contributed by atoms with Crippen LogP contribution in [0.4, 0.5) is 11.5 Å². The van der Waals surface area contributed by atoms with Gasteiger partial charge in [0.15, 0.2) is 0 Å². The molecule has 0 aliphatic rings. The van der Waals surface area contributed by atoms with Gasteiger partial charge in [-0.2, -0.15) is 0 Å². The normalized spacial score (nSPS) is 10.5. The zero-order valence-corrected chi connectivity index (χ0v) is 15.0. The van der Waals surface area contributed by atoms with E-state index in [-0.39, 0.29) is 12.5 Å². The van der Waals surface area contributed by atoms with Gasteiger partial charge in [0.05, 0.1) is 6.54 Å². The Morgan fingerprint density at radius 3 is 2.58 bits per heavy atom. The number of anilines is 2. The summed E-state index contributed by atoms with van der Waals surface area (Å²) < 4.78 is 0. The van der Waals surface area contributed by atoms with E-state index in [0.717, 1.165) is 48.0 Å². The van der Waals surface area contributed by atoms with Gasteiger partial charge < -0.3 is 10.2 Å². The molecule has 2 aromatic rings. The summed E-state index contributed by atoms with van der Waals surface area (Å²) in [5.41, 5.74) is 2.91. The van der Waals surface area contributed by atoms with Crippen LogP contribution in [0.25, 0.3) is 0 Å². The predicted molar refractivity (Wildman–Crippen MR) is 98.5 cm³/mol. The van der Waals surface area contributed by atoms with Crippen LogP contribution in [-0.2, 0) is 11.2 Å². The van der Waals surface area contributed by atoms with E-state index in [4.69, 9.17) is 0 Å². The number of hydrogen-bond acceptors (Lipinski definition) is 4. The molecule has 0 unspecified atom stereocenters. The highest BCUT2D eigenvalue weighted by Gasteiger charge is 2.14. The van der Waals surface area contributed by atoms with Gasteiger partial charge in [0.2, 0.25) is 5.91 Å². The largest absolute Gasteiger partial charge is 0.347 e. The molecule has 0 radical (unpaired) electrons. The van der Waals surface area contributed by atoms with E-state index in [9.17, 15) is 4.79 Å². The second kappa shape index (κ2) is 8.43. The van der Waals surface area contributed by atoms with Gasteiger partial charge >= 0.3 is 0 Å². The van der Waals surface area contributed by atoms with Crippen molar-refractivity contribution in [3.63, 3.8) is 0 Å². The summed E-state index contributed by atoms with van der Waals surface area (Å²) in [5.74, 6) is 1.53. The Kier molecular flexibility index (Phi) is 6.29. The van der Waals surface area contributed by atoms with Crippen molar-refractivity contribution in [2.75, 3.05) is 23.3 Å². The molecule has 5 nitrogen and oxygen atoms in total. The highest BCUT2D eigenvalue weighted by molar-refractivity contribution is 5.94. The van der Waals surface area contributed by atoms with Crippen molar-refractivity contribution in [1.29, 1.82) is 0 Å². The molecule has 0 saturated carbocycles. The van der Waals surface area contributed by atoms with Crippen LogP contribution >= 0.6 is 0 Å². The number of carbonyl (C=O) groups is 1. The standard InChI is InChI=1S/C19H26N4O/c1-5-11-23(18-12-16(6-2)20-15(4)21-18)13-19(24)22-17-10-8-7-9-14(17)3/h7-10,12H,5-6,11,13H2,1-4H3,(H,22,24). The molecule has 0 spiro atoms. The molecule has 0 fully saturated rings. The summed E-state index contributed by atoms with van der Waals surface area (Å²) in [4.78, 5) is 23.4. The summed E-state index contributed by atoms with van der Waals surface area (Å²) in [6, 6.07) is 9.77. The number of hydrogen-bond donors (Lipinski definition) is 1. The van der Waals surface area contributed by atoms with Crippen LogP contribution in [0.2, 0.25) is 0 Å². The zero-order chi connectivity index (χ0) is 17.5. The Bertz CT molecular complexity index is 700. The number of benzene rings is 1. The van der Waals surface area contributed by atoms with Gasteiger partial charge in [-0.15, -0.1) is 0 Å². The smallest absolute Gasteiger partial charge is 0.243 e. The van der Waals surface area contributed by atoms with Crippen LogP contribution < -0.4 is 10.2 Å². The van der Waals surface area contributed by atoms with Crippen molar-refractivity contribution >= 4 is 17.4 Å². The molecule has 1 amide bonds. The van der Waals surface area contributed by atoms with Crippen molar-refractivity contribution in [2.45, 2.75) is 40.5 Å². The van der Waals surface area contributed by atoms with E-state index >= 15 is 0 Å². The number of aryl methyl sites for hydroxylation is 3. The van der Waals surface area contributed by atoms with Crippen LogP contribution in [0.3, 0.4) is 0 Å². The Labute approximate surface area is 144 Å². The number of nitrogens with one attached hydrogen (secondary N) is 1. The van der Waals surface area contributed by atoms with Gasteiger partial charge in [0, 0.05) is 24.0 Å². The second-order valence-electron chi connectivity index (χ2n) is 5.90. The monoisotopic (exact) mass is 326 g/mol. The van der Waals surface area contributed by atoms with Gasteiger partial charge in [-0.3, -0.25) is 4.79 Å². The first kappa shape index (κ1) is 17.9. The van der Waals surface area contributed by atoms with Crippen LogP contribution in [-0.4, -0.2) is 29.0 Å². The topological polar surface area (TPSA) is 58.1 Å². The Balaban J connectivity index is 2.15. The first-order chi connectivity index (χ1) is 11.5. The number of rotatable bonds is 7. The van der Waals surface area contributed by atoms with Gasteiger partial charge in [-0.1, -0.05) is 32.0 Å². The molecule has 0 aliphatic heterocycles. The van der Waals surface area contributed by atoms with Crippen molar-refractivity contribution in [1.82, 2.24) is 9.97 Å². The molecule has 5 heteroatoms. The SMILES string of the molecule is CCCN(CC(=O)Nc1ccccc1C)c1cc(CC)nc(C)n1. The molecule has 1 N–H and O–H groups in total. The van der Waals surface area contributed by atoms with E-state index in [1.165, 1.54) is 0 Å². The van der Waals surface area contributed by atoms with E-state index in [0.29, 0.717) is 0 Å². The summed E-state index contributed by atoms with van der Waals surface area (Å²) in [7, 11) is 0. The number of amides is 1. The highest BCUT2D eigenvalue weighted by atomic mass is 16.2. The zero-order valence-electron chi connectivity index (χ0n) is 15.0. The van der Waals surface area contributed by atoms with Crippen molar-refractivity contribution in [2.24, 2.45) is 0 Å². The van der Waals surface area contributed by atoms with Crippen molar-refractivity contribution in [3.05, 3.63) is 47.4 Å². The number of nitrogens with zero attached hydrogens (tertiary/aromatic N) is 3. The number of carbonyl (C=O) groups excluding carboxylic acids is 1. The minimum absolute atomic E-state index is 0.0351. The molecule has 24 heavy (non-hydrogen) atoms. The molecule has 1 aromatic heterocycles. The van der Waals surface area contributed by atoms with Crippen LogP contribution in [0, 0.1) is 13.8 Å². The molecule has 0 saturated heterocycles. The lowest BCUT2D eigenvalue weighted by Gasteiger charge is -2.23. The number of aromatic nitrogens is 2. The van der Waals surface area contributed by atoms with Gasteiger partial charge in [0.1, 0.15) is 11.6 Å². The minimum Gasteiger partial charge on any atom is -0.347 e. The quantitative estimate of drug-likeness (QED) is 0.846. The van der Waals surface area contributed by atoms with Gasteiger partial charge in [0.25, 0.3) is 0 Å². The highest BCUT2D eigenvalue weighted by Crippen LogP contribution is 2.16. The molecule has 128 valence electrons. The lowest BCUT2D eigenvalue weighted by Crippen LogP contribution is -2.34. The molecular formula is C19H26N4O. The Hall–Kier alpha value is -2.43. The molecular weight excluding hydrogens is 300 g/mol. The van der Waals surface area contributed by atoms with E-state index < -0.39 is 0 Å². The lowest BCUT2D eigenvalue weighted by atomic mass is 10.2. The van der Waals surface area contributed by atoms with Gasteiger partial charge in [-0.05, 0) is 38.3 Å². The fourth-order valence-electron chi connectivity index (χ4n) is 2.58. The van der Waals surface area contributed by atoms with E-state index in [1.54, 1.807) is 0 Å². The van der Waals surface area contributed by atoms with Gasteiger partial charge in [-0.25, -0.2) is 9.97 Å². The molecule has 2 rings (SSSR count). The summed E-state index contributed by atoms with van der Waals surface area (Å²) in [6.45, 7) is 9.10. The maximum absolute atomic E-state index is 12.5. The molecule has 0 bridgehead atoms. The fourth-order valence-corrected chi connectivity index (χ4v) is 2.58. The van der Waals surface area contributed by atoms with E-state index in [1.807, 2.05) is 49.1 Å². The third-order valence-electron chi connectivity index (χ3n) is 3.81. The van der Waals surface area contributed by atoms with Crippen LogP contribution in [0.1, 0.15) is 37.4 Å². The minimum atomic E-state index is -0.0351. The number of para-hydroxylation sites is 1. The molecule has 0 aliphatic carbocycles. The van der Waals surface area contributed by atoms with Crippen molar-refractivity contribution in [3.8, 4) is 0 Å². The average molecular weight is 326 g/mol. The fraction of sp³-hybridized carbons (Fsp3) is 0.421. The Morgan fingerprint density at radius 2 is 1.92 bits per heavy atom. The average Bonchev–Trinajstić information content (AvgIpc) is 2.56. The van der Waals surface area contributed by atoms with E-state index in [2.05, 4.69) is 29.1 Å². The maximum atomic E-state index is 12.5. The first-order valence-electron chi connectivity index (χ1n) is 8.48.